The zero-order valence-corrected chi connectivity index (χ0v) is 11.2. The fourth-order valence-corrected chi connectivity index (χ4v) is 2.18. The molecule has 7 heteroatoms. The Kier molecular flexibility index (Phi) is 4.64. The summed E-state index contributed by atoms with van der Waals surface area (Å²) < 4.78 is 0. The molecule has 1 aromatic rings. The van der Waals surface area contributed by atoms with Gasteiger partial charge in [-0.1, -0.05) is 0 Å². The Labute approximate surface area is 112 Å². The minimum atomic E-state index is 0.153. The second kappa shape index (κ2) is 6.44. The molecule has 1 saturated heterocycles. The molecule has 1 amide bonds. The molecule has 0 saturated carbocycles. The number of rotatable bonds is 3. The van der Waals surface area contributed by atoms with E-state index in [0.717, 1.165) is 44.8 Å². The summed E-state index contributed by atoms with van der Waals surface area (Å²) in [6, 6.07) is 0. The van der Waals surface area contributed by atoms with E-state index in [1.54, 1.807) is 19.3 Å². The summed E-state index contributed by atoms with van der Waals surface area (Å²) in [5.41, 5.74) is 3.37. The third-order valence-corrected chi connectivity index (χ3v) is 3.27. The summed E-state index contributed by atoms with van der Waals surface area (Å²) in [6.45, 7) is 5.85. The molecule has 0 spiro atoms. The molecule has 7 nitrogen and oxygen atoms in total. The summed E-state index contributed by atoms with van der Waals surface area (Å²) in [5, 5.41) is 0. The number of aromatic nitrogens is 2. The fourth-order valence-electron chi connectivity index (χ4n) is 2.18. The lowest BCUT2D eigenvalue weighted by Gasteiger charge is -2.20. The summed E-state index contributed by atoms with van der Waals surface area (Å²) >= 11 is 0. The van der Waals surface area contributed by atoms with Crippen LogP contribution in [0.5, 0.6) is 0 Å². The number of nitrogens with zero attached hydrogens (tertiary/aromatic N) is 4. The van der Waals surface area contributed by atoms with E-state index in [1.165, 1.54) is 0 Å². The minimum absolute atomic E-state index is 0.153. The molecule has 19 heavy (non-hydrogen) atoms. The summed E-state index contributed by atoms with van der Waals surface area (Å²) in [5.74, 6) is 5.96. The first-order valence-electron chi connectivity index (χ1n) is 6.44. The van der Waals surface area contributed by atoms with Gasteiger partial charge in [0.15, 0.2) is 5.82 Å². The SMILES string of the molecule is CC(=O)N1CCCN(Cc2cnc(NN)cn2)CC1. The Morgan fingerprint density at radius 2 is 2.16 bits per heavy atom. The first-order valence-corrected chi connectivity index (χ1v) is 6.44. The molecule has 0 atom stereocenters. The van der Waals surface area contributed by atoms with Crippen LogP contribution in [0.15, 0.2) is 12.4 Å². The van der Waals surface area contributed by atoms with Crippen molar-refractivity contribution in [1.29, 1.82) is 0 Å². The van der Waals surface area contributed by atoms with Crippen molar-refractivity contribution in [2.45, 2.75) is 19.9 Å². The van der Waals surface area contributed by atoms with Crippen LogP contribution in [0.1, 0.15) is 19.0 Å². The molecule has 0 aliphatic carbocycles. The monoisotopic (exact) mass is 264 g/mol. The van der Waals surface area contributed by atoms with Gasteiger partial charge in [-0.25, -0.2) is 10.8 Å². The molecular formula is C12H20N6O. The first kappa shape index (κ1) is 13.7. The van der Waals surface area contributed by atoms with E-state index in [1.807, 2.05) is 4.90 Å². The molecule has 2 rings (SSSR count). The Balaban J connectivity index is 1.90. The van der Waals surface area contributed by atoms with Crippen LogP contribution in [0.2, 0.25) is 0 Å². The van der Waals surface area contributed by atoms with Crippen molar-refractivity contribution in [3.8, 4) is 0 Å². The lowest BCUT2D eigenvalue weighted by molar-refractivity contribution is -0.128. The third-order valence-electron chi connectivity index (χ3n) is 3.27. The molecule has 0 radical (unpaired) electrons. The third kappa shape index (κ3) is 3.87. The summed E-state index contributed by atoms with van der Waals surface area (Å²) in [7, 11) is 0. The molecule has 2 heterocycles. The van der Waals surface area contributed by atoms with Crippen LogP contribution in [-0.2, 0) is 11.3 Å². The molecule has 0 unspecified atom stereocenters. The van der Waals surface area contributed by atoms with E-state index >= 15 is 0 Å². The highest BCUT2D eigenvalue weighted by Crippen LogP contribution is 2.08. The molecule has 3 N–H and O–H groups in total. The number of hydrogen-bond donors (Lipinski definition) is 2. The van der Waals surface area contributed by atoms with Gasteiger partial charge in [0, 0.05) is 39.6 Å². The van der Waals surface area contributed by atoms with E-state index < -0.39 is 0 Å². The van der Waals surface area contributed by atoms with Gasteiger partial charge in [0.2, 0.25) is 5.91 Å². The normalized spacial score (nSPS) is 17.1. The summed E-state index contributed by atoms with van der Waals surface area (Å²) in [6.07, 6.45) is 4.34. The van der Waals surface area contributed by atoms with Crippen molar-refractivity contribution < 1.29 is 4.79 Å². The lowest BCUT2D eigenvalue weighted by atomic mass is 10.3. The number of nitrogens with one attached hydrogen (secondary N) is 1. The minimum Gasteiger partial charge on any atom is -0.342 e. The second-order valence-corrected chi connectivity index (χ2v) is 4.67. The van der Waals surface area contributed by atoms with Gasteiger partial charge in [-0.15, -0.1) is 0 Å². The Hall–Kier alpha value is -1.73. The standard InChI is InChI=1S/C12H20N6O/c1-10(19)18-4-2-3-17(5-6-18)9-11-7-15-12(16-13)8-14-11/h7-8H,2-6,9,13H2,1H3,(H,15,16). The number of carbonyl (C=O) groups excluding carboxylic acids is 1. The highest BCUT2D eigenvalue weighted by molar-refractivity contribution is 5.73. The van der Waals surface area contributed by atoms with E-state index in [2.05, 4.69) is 20.3 Å². The van der Waals surface area contributed by atoms with Gasteiger partial charge in [0.1, 0.15) is 0 Å². The highest BCUT2D eigenvalue weighted by atomic mass is 16.2. The number of nitrogens with two attached hydrogens (primary N) is 1. The Morgan fingerprint density at radius 3 is 2.79 bits per heavy atom. The van der Waals surface area contributed by atoms with Gasteiger partial charge in [0.25, 0.3) is 0 Å². The number of nitrogen functional groups attached to an aromatic ring is 1. The predicted molar refractivity (Wildman–Crippen MR) is 72.0 cm³/mol. The second-order valence-electron chi connectivity index (χ2n) is 4.67. The zero-order valence-electron chi connectivity index (χ0n) is 11.2. The van der Waals surface area contributed by atoms with E-state index in [4.69, 9.17) is 5.84 Å². The van der Waals surface area contributed by atoms with Crippen molar-refractivity contribution in [1.82, 2.24) is 19.8 Å². The van der Waals surface area contributed by atoms with Crippen molar-refractivity contribution in [3.05, 3.63) is 18.1 Å². The fraction of sp³-hybridized carbons (Fsp3) is 0.583. The molecular weight excluding hydrogens is 244 g/mol. The predicted octanol–water partition coefficient (Wildman–Crippen LogP) is -0.184. The molecule has 0 aromatic carbocycles. The molecule has 0 bridgehead atoms. The van der Waals surface area contributed by atoms with E-state index in [-0.39, 0.29) is 5.91 Å². The summed E-state index contributed by atoms with van der Waals surface area (Å²) in [4.78, 5) is 24.0. The van der Waals surface area contributed by atoms with Gasteiger partial charge in [0.05, 0.1) is 18.1 Å². The van der Waals surface area contributed by atoms with Crippen LogP contribution in [-0.4, -0.2) is 51.9 Å². The quantitative estimate of drug-likeness (QED) is 0.581. The van der Waals surface area contributed by atoms with Crippen molar-refractivity contribution in [3.63, 3.8) is 0 Å². The lowest BCUT2D eigenvalue weighted by Crippen LogP contribution is -2.33. The van der Waals surface area contributed by atoms with Gasteiger partial charge < -0.3 is 10.3 Å². The van der Waals surface area contributed by atoms with Crippen LogP contribution in [0.4, 0.5) is 5.82 Å². The number of hydrogen-bond acceptors (Lipinski definition) is 6. The van der Waals surface area contributed by atoms with Crippen molar-refractivity contribution >= 4 is 11.7 Å². The van der Waals surface area contributed by atoms with Crippen LogP contribution in [0.3, 0.4) is 0 Å². The number of anilines is 1. The average molecular weight is 264 g/mol. The maximum atomic E-state index is 11.4. The average Bonchev–Trinajstić information content (AvgIpc) is 2.65. The van der Waals surface area contributed by atoms with Crippen LogP contribution >= 0.6 is 0 Å². The largest absolute Gasteiger partial charge is 0.342 e. The Morgan fingerprint density at radius 1 is 1.32 bits per heavy atom. The van der Waals surface area contributed by atoms with Gasteiger partial charge in [-0.05, 0) is 6.42 Å². The number of amides is 1. The maximum Gasteiger partial charge on any atom is 0.219 e. The molecule has 1 aromatic heterocycles. The van der Waals surface area contributed by atoms with Crippen LogP contribution in [0, 0.1) is 0 Å². The van der Waals surface area contributed by atoms with Crippen molar-refractivity contribution in [2.75, 3.05) is 31.6 Å². The van der Waals surface area contributed by atoms with Gasteiger partial charge >= 0.3 is 0 Å². The molecule has 1 aliphatic heterocycles. The molecule has 104 valence electrons. The van der Waals surface area contributed by atoms with E-state index in [9.17, 15) is 4.79 Å². The van der Waals surface area contributed by atoms with Crippen LogP contribution < -0.4 is 11.3 Å². The zero-order chi connectivity index (χ0) is 13.7. The maximum absolute atomic E-state index is 11.4. The highest BCUT2D eigenvalue weighted by Gasteiger charge is 2.16. The number of hydrazine groups is 1. The topological polar surface area (TPSA) is 87.4 Å². The Bertz CT molecular complexity index is 421. The van der Waals surface area contributed by atoms with Crippen molar-refractivity contribution in [2.24, 2.45) is 5.84 Å². The smallest absolute Gasteiger partial charge is 0.219 e. The van der Waals surface area contributed by atoms with E-state index in [0.29, 0.717) is 5.82 Å². The van der Waals surface area contributed by atoms with Gasteiger partial charge in [-0.2, -0.15) is 0 Å². The van der Waals surface area contributed by atoms with Gasteiger partial charge in [-0.3, -0.25) is 14.7 Å². The van der Waals surface area contributed by atoms with Crippen LogP contribution in [0.25, 0.3) is 0 Å². The molecule has 1 fully saturated rings. The molecule has 1 aliphatic rings. The number of carbonyl (C=O) groups is 1. The first-order chi connectivity index (χ1) is 9.19.